The molecule has 0 radical (unpaired) electrons. The van der Waals surface area contributed by atoms with Gasteiger partial charge in [0, 0.05) is 42.3 Å². The maximum Gasteiger partial charge on any atom is 0.167 e. The molecule has 9 heteroatoms. The van der Waals surface area contributed by atoms with Crippen LogP contribution in [0.15, 0.2) is 6.30 Å². The number of nitrogens with one attached hydrogen (secondary N) is 1. The summed E-state index contributed by atoms with van der Waals surface area (Å²) < 4.78 is 26.6. The van der Waals surface area contributed by atoms with E-state index in [-0.39, 0.29) is 33.5 Å². The quantitative estimate of drug-likeness (QED) is 0.637. The molecule has 1 N–H and O–H groups in total. The molecule has 0 aliphatic carbocycles. The van der Waals surface area contributed by atoms with E-state index < -0.39 is 18.4 Å². The zero-order chi connectivity index (χ0) is 16.7. The number of aryl methyl sites for hydroxylation is 1. The number of hydrogen-bond acceptors (Lipinski definition) is 7. The van der Waals surface area contributed by atoms with Crippen molar-refractivity contribution in [1.29, 1.82) is 0 Å². The summed E-state index contributed by atoms with van der Waals surface area (Å²) in [5.74, 6) is 1.14. The van der Waals surface area contributed by atoms with Crippen LogP contribution >= 0.6 is 0 Å². The normalized spacial score (nSPS) is 27.8. The summed E-state index contributed by atoms with van der Waals surface area (Å²) in [4.78, 5) is 13.0. The maximum atomic E-state index is 8.22. The van der Waals surface area contributed by atoms with E-state index in [4.69, 9.17) is 15.6 Å². The van der Waals surface area contributed by atoms with Crippen LogP contribution in [0.4, 0.5) is 5.82 Å². The summed E-state index contributed by atoms with van der Waals surface area (Å²) in [5.41, 5.74) is 1.03. The first-order valence-electron chi connectivity index (χ1n) is 7.46. The number of rotatable bonds is 4. The number of aromatic nitrogens is 4. The summed E-state index contributed by atoms with van der Waals surface area (Å²) in [6, 6.07) is 0. The summed E-state index contributed by atoms with van der Waals surface area (Å²) in [6.07, 6.45) is -1.75. The molecule has 1 aliphatic rings. The van der Waals surface area contributed by atoms with E-state index in [1.165, 1.54) is 0 Å². The van der Waals surface area contributed by atoms with Crippen molar-refractivity contribution in [2.75, 3.05) is 26.6 Å². The first kappa shape index (κ1) is 16.8. The van der Waals surface area contributed by atoms with Crippen LogP contribution in [0.3, 0.4) is 0 Å². The van der Waals surface area contributed by atoms with Gasteiger partial charge in [0.05, 0.1) is 12.4 Å². The van der Waals surface area contributed by atoms with Crippen LogP contribution in [-0.2, 0) is 35.3 Å². The second kappa shape index (κ2) is 7.21. The number of hydrogen-bond donors (Lipinski definition) is 1. The summed E-state index contributed by atoms with van der Waals surface area (Å²) in [6.45, 7) is 5.73. The fourth-order valence-electron chi connectivity index (χ4n) is 2.78. The third kappa shape index (κ3) is 3.00. The van der Waals surface area contributed by atoms with E-state index in [1.54, 1.807) is 32.8 Å². The van der Waals surface area contributed by atoms with Gasteiger partial charge in [0.1, 0.15) is 13.3 Å². The molecule has 0 saturated carbocycles. The van der Waals surface area contributed by atoms with Crippen molar-refractivity contribution in [1.82, 2.24) is 19.5 Å². The largest absolute Gasteiger partial charge is 0.381 e. The number of methoxy groups -OCH3 is 2. The minimum absolute atomic E-state index is 0. The fraction of sp³-hybridized carbons (Fsp3) is 0.571. The number of nitrogens with zero attached hydrogens (tertiary/aromatic N) is 4. The number of anilines is 1. The van der Waals surface area contributed by atoms with E-state index in [0.29, 0.717) is 22.8 Å². The first-order valence-corrected chi connectivity index (χ1v) is 6.96. The summed E-state index contributed by atoms with van der Waals surface area (Å²) >= 11 is 0. The van der Waals surface area contributed by atoms with E-state index in [0.717, 1.165) is 0 Å². The van der Waals surface area contributed by atoms with Gasteiger partial charge in [-0.15, -0.1) is 0 Å². The minimum Gasteiger partial charge on any atom is -0.381 e. The number of ether oxygens (including phenoxy) is 3. The molecular formula is C14H20N5O3W-. The molecule has 4 unspecified atom stereocenters. The third-order valence-electron chi connectivity index (χ3n) is 3.80. The summed E-state index contributed by atoms with van der Waals surface area (Å²) in [7, 11) is 4.91. The van der Waals surface area contributed by atoms with Crippen molar-refractivity contribution in [2.24, 2.45) is 0 Å². The Bertz CT molecular complexity index is 728. The zero-order valence-electron chi connectivity index (χ0n) is 14.4. The molecule has 4 atom stereocenters. The van der Waals surface area contributed by atoms with Crippen LogP contribution in [0.5, 0.6) is 0 Å². The van der Waals surface area contributed by atoms with Crippen molar-refractivity contribution in [3.05, 3.63) is 19.1 Å². The average Bonchev–Trinajstić information content (AvgIpc) is 3.01. The molecular weight excluding hydrogens is 470 g/mol. The van der Waals surface area contributed by atoms with E-state index >= 15 is 0 Å². The van der Waals surface area contributed by atoms with Gasteiger partial charge >= 0.3 is 0 Å². The second-order valence-electron chi connectivity index (χ2n) is 5.09. The molecule has 0 amide bonds. The SMILES string of the molecule is [3H]c1nc2c(NC)nc(C)nc2n1C1OC([CH2-])C(OC)C1OC.[W]. The predicted octanol–water partition coefficient (Wildman–Crippen LogP) is 0.935. The molecule has 2 aromatic rings. The molecule has 0 spiro atoms. The Kier molecular flexibility index (Phi) is 5.26. The Morgan fingerprint density at radius 2 is 2.04 bits per heavy atom. The molecule has 0 aromatic carbocycles. The van der Waals surface area contributed by atoms with Crippen LogP contribution in [0.1, 0.15) is 13.4 Å². The minimum atomic E-state index is -0.594. The predicted molar refractivity (Wildman–Crippen MR) is 80.5 cm³/mol. The molecule has 0 bridgehead atoms. The van der Waals surface area contributed by atoms with Crippen molar-refractivity contribution >= 4 is 17.0 Å². The molecule has 3 heterocycles. The third-order valence-corrected chi connectivity index (χ3v) is 3.80. The van der Waals surface area contributed by atoms with Crippen LogP contribution in [0.2, 0.25) is 0 Å². The molecule has 1 saturated heterocycles. The molecule has 1 fully saturated rings. The summed E-state index contributed by atoms with van der Waals surface area (Å²) in [5, 5.41) is 2.98. The standard InChI is InChI=1S/C14H20N5O3.W/c1-7-10(20-4)11(21-5)14(22-7)19-6-16-9-12(15-3)17-8(2)18-13(9)19;/h6-7,10-11,14H,1H2,2-5H3,(H,15,17,18);/q-1;/i6T;. The molecule has 3 rings (SSSR count). The first-order chi connectivity index (χ1) is 11.0. The molecule has 8 nitrogen and oxygen atoms in total. The van der Waals surface area contributed by atoms with Gasteiger partial charge in [-0.25, -0.2) is 15.0 Å². The van der Waals surface area contributed by atoms with Crippen LogP contribution in [-0.4, -0.2) is 59.1 Å². The molecule has 2 aromatic heterocycles. The Labute approximate surface area is 150 Å². The van der Waals surface area contributed by atoms with E-state index in [1.807, 2.05) is 0 Å². The Balaban J connectivity index is 0.00000208. The van der Waals surface area contributed by atoms with Crippen molar-refractivity contribution < 1.29 is 36.6 Å². The maximum absolute atomic E-state index is 8.22. The molecule has 1 aliphatic heterocycles. The van der Waals surface area contributed by atoms with E-state index in [9.17, 15) is 0 Å². The van der Waals surface area contributed by atoms with Gasteiger partial charge in [-0.1, -0.05) is 0 Å². The smallest absolute Gasteiger partial charge is 0.167 e. The van der Waals surface area contributed by atoms with Crippen molar-refractivity contribution in [3.8, 4) is 0 Å². The van der Waals surface area contributed by atoms with Gasteiger partial charge in [0.15, 0.2) is 23.2 Å². The van der Waals surface area contributed by atoms with Crippen molar-refractivity contribution in [3.63, 3.8) is 0 Å². The monoisotopic (exact) mass is 492 g/mol. The van der Waals surface area contributed by atoms with Gasteiger partial charge in [-0.2, -0.15) is 0 Å². The topological polar surface area (TPSA) is 83.3 Å². The van der Waals surface area contributed by atoms with Gasteiger partial charge in [0.25, 0.3) is 0 Å². The molecule has 23 heavy (non-hydrogen) atoms. The van der Waals surface area contributed by atoms with Gasteiger partial charge in [0.2, 0.25) is 0 Å². The number of imidazole rings is 1. The molecule has 126 valence electrons. The van der Waals surface area contributed by atoms with Crippen LogP contribution < -0.4 is 5.32 Å². The Morgan fingerprint density at radius 3 is 2.65 bits per heavy atom. The Morgan fingerprint density at radius 1 is 1.35 bits per heavy atom. The Hall–Kier alpha value is -1.08. The second-order valence-corrected chi connectivity index (χ2v) is 5.09. The fourth-order valence-corrected chi connectivity index (χ4v) is 2.78. The average molecular weight is 492 g/mol. The van der Waals surface area contributed by atoms with Gasteiger partial charge < -0.3 is 26.5 Å². The van der Waals surface area contributed by atoms with Crippen molar-refractivity contribution in [2.45, 2.75) is 31.5 Å². The van der Waals surface area contributed by atoms with Crippen LogP contribution in [0.25, 0.3) is 11.2 Å². The van der Waals surface area contributed by atoms with Crippen LogP contribution in [0, 0.1) is 13.8 Å². The van der Waals surface area contributed by atoms with E-state index in [2.05, 4.69) is 27.2 Å². The van der Waals surface area contributed by atoms with Gasteiger partial charge in [-0.05, 0) is 13.0 Å². The number of fused-ring (bicyclic) bond motifs is 1. The zero-order valence-corrected chi connectivity index (χ0v) is 16.4. The van der Waals surface area contributed by atoms with Gasteiger partial charge in [-0.3, -0.25) is 4.57 Å².